The molecule has 44 heavy (non-hydrogen) atoms. The Bertz CT molecular complexity index is 1170. The zero-order chi connectivity index (χ0) is 34.4. The van der Waals surface area contributed by atoms with Crippen molar-refractivity contribution in [3.05, 3.63) is 83.7 Å². The number of benzene rings is 2. The van der Waals surface area contributed by atoms with Crippen LogP contribution in [0.2, 0.25) is 0 Å². The van der Waals surface area contributed by atoms with Gasteiger partial charge in [0.15, 0.2) is 9.75 Å². The van der Waals surface area contributed by atoms with Gasteiger partial charge < -0.3 is 22.9 Å². The standard InChI is InChI=1S/C7H6BrCl2F4N.C7H6Cl2F5N.2C6H7N/c8-6(11)2-3(9)1-5(10,4(6)15)7(12,13)14;8-5(7(12,13)14)1-3(10)2-6(9,11)4(5)15;2*7-6-4-2-1-3-5-6/h2*2,4H,1,15H2;2*1-5H,7H2. The smallest absolute Gasteiger partial charge is 0.399 e. The maximum absolute atomic E-state index is 13.6. The zero-order valence-corrected chi connectivity index (χ0v) is 26.7. The average Bonchev–Trinajstić information content (AvgIpc) is 2.86. The molecule has 6 atom stereocenters. The monoisotopic (exact) mass is 784 g/mol. The van der Waals surface area contributed by atoms with Crippen molar-refractivity contribution in [2.45, 2.75) is 56.7 Å². The summed E-state index contributed by atoms with van der Waals surface area (Å²) in [6.07, 6.45) is -10.9. The molecule has 0 amide bonds. The van der Waals surface area contributed by atoms with Gasteiger partial charge in [-0.15, -0.1) is 23.2 Å². The third-order valence-corrected chi connectivity index (χ3v) is 8.38. The Morgan fingerprint density at radius 3 is 1.36 bits per heavy atom. The molecule has 0 spiro atoms. The molecule has 2 aromatic carbocycles. The summed E-state index contributed by atoms with van der Waals surface area (Å²) in [5, 5.41) is -3.46. The third-order valence-electron chi connectivity index (χ3n) is 5.91. The van der Waals surface area contributed by atoms with Gasteiger partial charge in [0.2, 0.25) is 9.71 Å². The molecule has 0 saturated carbocycles. The minimum absolute atomic E-state index is 0.200. The van der Waals surface area contributed by atoms with E-state index in [1.807, 2.05) is 60.7 Å². The minimum atomic E-state index is -5.05. The summed E-state index contributed by atoms with van der Waals surface area (Å²) in [5.74, 6) is -1.37. The summed E-state index contributed by atoms with van der Waals surface area (Å²) in [4.78, 5) is -6.11. The van der Waals surface area contributed by atoms with Gasteiger partial charge in [-0.1, -0.05) is 59.6 Å². The summed E-state index contributed by atoms with van der Waals surface area (Å²) in [5.41, 5.74) is 22.5. The van der Waals surface area contributed by atoms with Crippen molar-refractivity contribution in [3.8, 4) is 0 Å². The Labute approximate surface area is 275 Å². The second-order valence-electron chi connectivity index (χ2n) is 9.38. The van der Waals surface area contributed by atoms with Crippen LogP contribution in [0.1, 0.15) is 12.8 Å². The van der Waals surface area contributed by atoms with Crippen LogP contribution in [0, 0.1) is 0 Å². The first-order chi connectivity index (χ1) is 19.8. The van der Waals surface area contributed by atoms with Crippen molar-refractivity contribution in [2.75, 3.05) is 11.5 Å². The Morgan fingerprint density at radius 1 is 0.682 bits per heavy atom. The van der Waals surface area contributed by atoms with Crippen LogP contribution in [-0.2, 0) is 0 Å². The molecule has 0 heterocycles. The topological polar surface area (TPSA) is 104 Å². The Kier molecular flexibility index (Phi) is 14.1. The van der Waals surface area contributed by atoms with Crippen molar-refractivity contribution >= 4 is 73.7 Å². The highest BCUT2D eigenvalue weighted by molar-refractivity contribution is 9.10. The van der Waals surface area contributed by atoms with Gasteiger partial charge in [0, 0.05) is 35.3 Å². The Hall–Kier alpha value is -1.55. The molecule has 2 aliphatic carbocycles. The fourth-order valence-electron chi connectivity index (χ4n) is 3.48. The van der Waals surface area contributed by atoms with E-state index in [1.165, 1.54) is 0 Å². The van der Waals surface area contributed by atoms with Crippen molar-refractivity contribution in [2.24, 2.45) is 11.5 Å². The van der Waals surface area contributed by atoms with Gasteiger partial charge in [-0.05, 0) is 46.3 Å². The third kappa shape index (κ3) is 10.8. The lowest BCUT2D eigenvalue weighted by Gasteiger charge is -2.41. The second-order valence-corrected chi connectivity index (χ2v) is 13.0. The van der Waals surface area contributed by atoms with Crippen LogP contribution >= 0.6 is 62.3 Å². The second kappa shape index (κ2) is 15.4. The van der Waals surface area contributed by atoms with Gasteiger partial charge >= 0.3 is 12.4 Å². The van der Waals surface area contributed by atoms with E-state index in [4.69, 9.17) is 69.3 Å². The summed E-state index contributed by atoms with van der Waals surface area (Å²) in [7, 11) is 0. The lowest BCUT2D eigenvalue weighted by molar-refractivity contribution is -0.173. The number of hydrogen-bond acceptors (Lipinski definition) is 4. The van der Waals surface area contributed by atoms with Gasteiger partial charge in [0.1, 0.15) is 5.83 Å². The number of hydrogen-bond donors (Lipinski definition) is 4. The first-order valence-electron chi connectivity index (χ1n) is 11.9. The quantitative estimate of drug-likeness (QED) is 0.122. The number of anilines is 2. The first kappa shape index (κ1) is 40.5. The van der Waals surface area contributed by atoms with Crippen LogP contribution in [-0.4, -0.2) is 43.9 Å². The maximum Gasteiger partial charge on any atom is 0.409 e. The molecule has 248 valence electrons. The van der Waals surface area contributed by atoms with Gasteiger partial charge in [0.25, 0.3) is 0 Å². The van der Waals surface area contributed by atoms with Crippen molar-refractivity contribution in [1.82, 2.24) is 0 Å². The normalized spacial score (nSPS) is 31.8. The molecule has 4 rings (SSSR count). The van der Waals surface area contributed by atoms with Gasteiger partial charge in [-0.3, -0.25) is 0 Å². The Balaban J connectivity index is 0.000000311. The fourth-order valence-corrected chi connectivity index (χ4v) is 5.80. The van der Waals surface area contributed by atoms with Crippen LogP contribution in [0.4, 0.5) is 50.9 Å². The average molecular weight is 787 g/mol. The molecule has 0 fully saturated rings. The predicted molar refractivity (Wildman–Crippen MR) is 162 cm³/mol. The number of para-hydroxylation sites is 2. The van der Waals surface area contributed by atoms with Crippen LogP contribution < -0.4 is 22.9 Å². The highest BCUT2D eigenvalue weighted by atomic mass is 79.9. The molecule has 0 aromatic heterocycles. The van der Waals surface area contributed by atoms with E-state index in [0.29, 0.717) is 0 Å². The maximum atomic E-state index is 13.6. The number of alkyl halides is 12. The summed E-state index contributed by atoms with van der Waals surface area (Å²) < 4.78 is 112. The number of rotatable bonds is 0. The van der Waals surface area contributed by atoms with Crippen LogP contribution in [0.25, 0.3) is 0 Å². The van der Waals surface area contributed by atoms with E-state index in [2.05, 4.69) is 15.9 Å². The molecule has 18 heteroatoms. The highest BCUT2D eigenvalue weighted by Gasteiger charge is 2.66. The molecule has 0 radical (unpaired) electrons. The van der Waals surface area contributed by atoms with E-state index < -0.39 is 62.6 Å². The molecule has 0 saturated heterocycles. The van der Waals surface area contributed by atoms with Crippen molar-refractivity contribution < 1.29 is 39.5 Å². The van der Waals surface area contributed by atoms with Crippen molar-refractivity contribution in [3.63, 3.8) is 0 Å². The van der Waals surface area contributed by atoms with Crippen LogP contribution in [0.5, 0.6) is 0 Å². The molecule has 8 N–H and O–H groups in total. The largest absolute Gasteiger partial charge is 0.409 e. The first-order valence-corrected chi connectivity index (χ1v) is 14.2. The number of nitrogens with two attached hydrogens (primary N) is 4. The summed E-state index contributed by atoms with van der Waals surface area (Å²) in [6.45, 7) is 0. The molecular weight excluding hydrogens is 761 g/mol. The van der Waals surface area contributed by atoms with Gasteiger partial charge in [-0.2, -0.15) is 26.3 Å². The molecule has 0 bridgehead atoms. The highest BCUT2D eigenvalue weighted by Crippen LogP contribution is 2.52. The molecule has 6 unspecified atom stereocenters. The van der Waals surface area contributed by atoms with Crippen LogP contribution in [0.3, 0.4) is 0 Å². The Morgan fingerprint density at radius 2 is 1.05 bits per heavy atom. The summed E-state index contributed by atoms with van der Waals surface area (Å²) >= 11 is 23.3. The lowest BCUT2D eigenvalue weighted by Crippen LogP contribution is -2.62. The summed E-state index contributed by atoms with van der Waals surface area (Å²) in [6, 6.07) is 14.7. The van der Waals surface area contributed by atoms with E-state index in [0.717, 1.165) is 17.5 Å². The SMILES string of the molecule is NC1C(F)(Br)C=C(Cl)CC1(Cl)C(F)(F)F.NC1C(F)(Cl)C=C(F)CC1(Cl)C(F)(F)F.Nc1ccccc1.Nc1ccccc1. The van der Waals surface area contributed by atoms with Crippen LogP contribution in [0.15, 0.2) is 83.7 Å². The number of nitrogen functional groups attached to an aromatic ring is 2. The van der Waals surface area contributed by atoms with Gasteiger partial charge in [-0.25, -0.2) is 13.2 Å². The number of halogens is 14. The lowest BCUT2D eigenvalue weighted by atomic mass is 9.86. The molecule has 2 aromatic rings. The fraction of sp³-hybridized carbons (Fsp3) is 0.385. The predicted octanol–water partition coefficient (Wildman–Crippen LogP) is 8.99. The minimum Gasteiger partial charge on any atom is -0.399 e. The molecule has 4 nitrogen and oxygen atoms in total. The molecular formula is C26H26BrCl4F9N4. The van der Waals surface area contributed by atoms with Crippen molar-refractivity contribution in [1.29, 1.82) is 0 Å². The molecule has 0 aliphatic heterocycles. The van der Waals surface area contributed by atoms with E-state index in [-0.39, 0.29) is 11.1 Å². The van der Waals surface area contributed by atoms with E-state index in [9.17, 15) is 39.5 Å². The zero-order valence-electron chi connectivity index (χ0n) is 22.1. The van der Waals surface area contributed by atoms with Gasteiger partial charge in [0.05, 0.1) is 12.1 Å². The van der Waals surface area contributed by atoms with E-state index in [1.54, 1.807) is 0 Å². The van der Waals surface area contributed by atoms with E-state index >= 15 is 0 Å². The number of allylic oxidation sites excluding steroid dienone is 2. The molecule has 2 aliphatic rings.